The third kappa shape index (κ3) is 8.47. The fourth-order valence-electron chi connectivity index (χ4n) is 2.55. The van der Waals surface area contributed by atoms with Crippen LogP contribution in [0.3, 0.4) is 0 Å². The topological polar surface area (TPSA) is 171 Å². The SMILES string of the molecule is C.Cc1ccc(NS(=O)(=O)Cc2cccc(Cl)c2)c(=O)n1CC(=O)NCCON=C(N)N. The summed E-state index contributed by atoms with van der Waals surface area (Å²) in [6.45, 7) is 1.45. The van der Waals surface area contributed by atoms with E-state index in [4.69, 9.17) is 27.9 Å². The minimum Gasteiger partial charge on any atom is -0.391 e. The van der Waals surface area contributed by atoms with E-state index < -0.39 is 21.5 Å². The number of nitrogens with two attached hydrogens (primary N) is 2. The lowest BCUT2D eigenvalue weighted by Crippen LogP contribution is -2.36. The molecule has 0 atom stereocenters. The van der Waals surface area contributed by atoms with E-state index in [1.807, 2.05) is 0 Å². The second-order valence-electron chi connectivity index (χ2n) is 6.47. The van der Waals surface area contributed by atoms with Gasteiger partial charge in [0.25, 0.3) is 5.56 Å². The van der Waals surface area contributed by atoms with Crippen molar-refractivity contribution in [1.29, 1.82) is 0 Å². The first-order valence-corrected chi connectivity index (χ1v) is 11.0. The van der Waals surface area contributed by atoms with Gasteiger partial charge in [-0.25, -0.2) is 8.42 Å². The molecule has 11 nitrogen and oxygen atoms in total. The van der Waals surface area contributed by atoms with Gasteiger partial charge < -0.3 is 26.2 Å². The van der Waals surface area contributed by atoms with Crippen molar-refractivity contribution < 1.29 is 18.0 Å². The number of guanidine groups is 1. The second-order valence-corrected chi connectivity index (χ2v) is 8.63. The molecule has 0 radical (unpaired) electrons. The number of rotatable bonds is 10. The molecule has 2 aromatic rings. The van der Waals surface area contributed by atoms with Gasteiger partial charge in [-0.2, -0.15) is 0 Å². The number of anilines is 1. The molecule has 1 heterocycles. The Morgan fingerprint density at radius 2 is 1.97 bits per heavy atom. The van der Waals surface area contributed by atoms with E-state index in [0.717, 1.165) is 4.57 Å². The van der Waals surface area contributed by atoms with Crippen molar-refractivity contribution in [1.82, 2.24) is 9.88 Å². The Morgan fingerprint density at radius 1 is 1.25 bits per heavy atom. The van der Waals surface area contributed by atoms with E-state index in [-0.39, 0.29) is 44.5 Å². The number of aromatic nitrogens is 1. The molecule has 0 aliphatic rings. The van der Waals surface area contributed by atoms with E-state index in [9.17, 15) is 18.0 Å². The number of amides is 1. The van der Waals surface area contributed by atoms with Crippen molar-refractivity contribution in [2.45, 2.75) is 26.6 Å². The summed E-state index contributed by atoms with van der Waals surface area (Å²) in [4.78, 5) is 29.6. The molecule has 0 aliphatic carbocycles. The minimum absolute atomic E-state index is 0. The first kappa shape index (κ1) is 26.8. The van der Waals surface area contributed by atoms with Crippen LogP contribution in [-0.2, 0) is 32.0 Å². The Balaban J connectivity index is 0.00000512. The molecule has 176 valence electrons. The number of carbonyl (C=O) groups excluding carboxylic acids is 1. The van der Waals surface area contributed by atoms with Gasteiger partial charge in [0.05, 0.1) is 12.3 Å². The van der Waals surface area contributed by atoms with Gasteiger partial charge in [-0.1, -0.05) is 31.2 Å². The molecule has 0 spiro atoms. The van der Waals surface area contributed by atoms with Crippen molar-refractivity contribution in [3.63, 3.8) is 0 Å². The van der Waals surface area contributed by atoms with Gasteiger partial charge in [0, 0.05) is 10.7 Å². The highest BCUT2D eigenvalue weighted by Crippen LogP contribution is 2.15. The van der Waals surface area contributed by atoms with Crippen LogP contribution in [0.1, 0.15) is 18.7 Å². The van der Waals surface area contributed by atoms with Gasteiger partial charge in [0.15, 0.2) is 0 Å². The highest BCUT2D eigenvalue weighted by atomic mass is 35.5. The summed E-state index contributed by atoms with van der Waals surface area (Å²) in [6, 6.07) is 9.28. The molecular weight excluding hydrogens is 460 g/mol. The number of sulfonamides is 1. The van der Waals surface area contributed by atoms with E-state index in [2.05, 4.69) is 15.2 Å². The van der Waals surface area contributed by atoms with E-state index in [1.165, 1.54) is 18.2 Å². The highest BCUT2D eigenvalue weighted by molar-refractivity contribution is 7.91. The number of aryl methyl sites for hydroxylation is 1. The van der Waals surface area contributed by atoms with Gasteiger partial charge in [-0.3, -0.25) is 14.3 Å². The number of carbonyl (C=O) groups is 1. The van der Waals surface area contributed by atoms with Crippen LogP contribution in [0.15, 0.2) is 46.3 Å². The summed E-state index contributed by atoms with van der Waals surface area (Å²) < 4.78 is 28.4. The van der Waals surface area contributed by atoms with Crippen LogP contribution in [0.5, 0.6) is 0 Å². The van der Waals surface area contributed by atoms with Gasteiger partial charge >= 0.3 is 0 Å². The van der Waals surface area contributed by atoms with Crippen LogP contribution >= 0.6 is 11.6 Å². The summed E-state index contributed by atoms with van der Waals surface area (Å²) in [6.07, 6.45) is 0. The highest BCUT2D eigenvalue weighted by Gasteiger charge is 2.17. The van der Waals surface area contributed by atoms with Crippen LogP contribution in [0.2, 0.25) is 5.02 Å². The summed E-state index contributed by atoms with van der Waals surface area (Å²) in [7, 11) is -3.88. The summed E-state index contributed by atoms with van der Waals surface area (Å²) in [5.41, 5.74) is 10.3. The zero-order chi connectivity index (χ0) is 23.0. The van der Waals surface area contributed by atoms with E-state index in [1.54, 1.807) is 25.1 Å². The molecule has 0 unspecified atom stereocenters. The third-order valence-electron chi connectivity index (χ3n) is 3.89. The van der Waals surface area contributed by atoms with Gasteiger partial charge in [0.1, 0.15) is 18.8 Å². The number of pyridine rings is 1. The summed E-state index contributed by atoms with van der Waals surface area (Å²) >= 11 is 5.88. The molecule has 1 aromatic heterocycles. The fraction of sp³-hybridized carbons (Fsp3) is 0.316. The molecule has 6 N–H and O–H groups in total. The van der Waals surface area contributed by atoms with E-state index in [0.29, 0.717) is 16.3 Å². The Morgan fingerprint density at radius 3 is 2.62 bits per heavy atom. The van der Waals surface area contributed by atoms with Crippen molar-refractivity contribution >= 4 is 39.2 Å². The first-order chi connectivity index (χ1) is 14.6. The summed E-state index contributed by atoms with van der Waals surface area (Å²) in [5, 5.41) is 6.25. The normalized spacial score (nSPS) is 10.6. The summed E-state index contributed by atoms with van der Waals surface area (Å²) in [5.74, 6) is -1.09. The van der Waals surface area contributed by atoms with Crippen molar-refractivity contribution in [3.05, 3.63) is 63.0 Å². The first-order valence-electron chi connectivity index (χ1n) is 9.00. The average Bonchev–Trinajstić information content (AvgIpc) is 2.66. The number of oxime groups is 1. The standard InChI is InChI=1S/C18H23ClN6O5S.CH4/c1-12-5-6-15(24-31(28,29)11-13-3-2-4-14(19)9-13)17(27)25(12)10-16(26)22-7-8-30-23-18(20)21;/h2-6,9,24H,7-8,10-11H2,1H3,(H,22,26)(H4,20,21,23);1H4. The predicted octanol–water partition coefficient (Wildman–Crippen LogP) is 0.709. The van der Waals surface area contributed by atoms with Crippen LogP contribution < -0.4 is 27.1 Å². The molecule has 1 amide bonds. The van der Waals surface area contributed by atoms with Crippen LogP contribution in [-0.4, -0.2) is 38.0 Å². The number of nitrogens with zero attached hydrogens (tertiary/aromatic N) is 2. The number of hydrogen-bond donors (Lipinski definition) is 4. The molecule has 1 aromatic carbocycles. The minimum atomic E-state index is -3.88. The van der Waals surface area contributed by atoms with Gasteiger partial charge in [0.2, 0.25) is 21.9 Å². The maximum absolute atomic E-state index is 12.7. The largest absolute Gasteiger partial charge is 0.391 e. The van der Waals surface area contributed by atoms with E-state index >= 15 is 0 Å². The van der Waals surface area contributed by atoms with Gasteiger partial charge in [-0.15, -0.1) is 0 Å². The van der Waals surface area contributed by atoms with Crippen molar-refractivity contribution in [2.24, 2.45) is 16.6 Å². The number of hydrogen-bond acceptors (Lipinski definition) is 6. The van der Waals surface area contributed by atoms with Crippen LogP contribution in [0.25, 0.3) is 0 Å². The molecule has 0 fully saturated rings. The second kappa shape index (κ2) is 12.0. The average molecular weight is 487 g/mol. The molecule has 2 rings (SSSR count). The molecule has 32 heavy (non-hydrogen) atoms. The number of nitrogens with one attached hydrogen (secondary N) is 2. The lowest BCUT2D eigenvalue weighted by atomic mass is 10.2. The maximum Gasteiger partial charge on any atom is 0.275 e. The smallest absolute Gasteiger partial charge is 0.275 e. The Bertz CT molecular complexity index is 1130. The molecule has 0 bridgehead atoms. The van der Waals surface area contributed by atoms with Crippen LogP contribution in [0.4, 0.5) is 5.69 Å². The van der Waals surface area contributed by atoms with Crippen molar-refractivity contribution in [2.75, 3.05) is 17.9 Å². The lowest BCUT2D eigenvalue weighted by Gasteiger charge is -2.13. The third-order valence-corrected chi connectivity index (χ3v) is 5.37. The fourth-order valence-corrected chi connectivity index (χ4v) is 3.94. The van der Waals surface area contributed by atoms with Crippen LogP contribution in [0, 0.1) is 6.92 Å². The Kier molecular flexibility index (Phi) is 10.0. The molecular formula is C19H27ClN6O5S. The predicted molar refractivity (Wildman–Crippen MR) is 125 cm³/mol. The molecule has 0 saturated carbocycles. The molecule has 0 aliphatic heterocycles. The zero-order valence-electron chi connectivity index (χ0n) is 16.7. The number of benzene rings is 1. The molecule has 0 saturated heterocycles. The lowest BCUT2D eigenvalue weighted by molar-refractivity contribution is -0.122. The molecule has 13 heteroatoms. The monoisotopic (exact) mass is 486 g/mol. The van der Waals surface area contributed by atoms with Gasteiger partial charge in [-0.05, 0) is 41.9 Å². The number of halogens is 1. The Hall–Kier alpha value is -3.25. The Labute approximate surface area is 191 Å². The van der Waals surface area contributed by atoms with Crippen molar-refractivity contribution in [3.8, 4) is 0 Å². The zero-order valence-corrected chi connectivity index (χ0v) is 18.2. The maximum atomic E-state index is 12.7. The quantitative estimate of drug-likeness (QED) is 0.166.